The fourth-order valence-electron chi connectivity index (χ4n) is 2.31. The van der Waals surface area contributed by atoms with Crippen LogP contribution in [0.2, 0.25) is 0 Å². The van der Waals surface area contributed by atoms with Crippen LogP contribution >= 0.6 is 0 Å². The van der Waals surface area contributed by atoms with Gasteiger partial charge in [-0.15, -0.1) is 0 Å². The Morgan fingerprint density at radius 3 is 2.36 bits per heavy atom. The lowest BCUT2D eigenvalue weighted by Crippen LogP contribution is -2.28. The summed E-state index contributed by atoms with van der Waals surface area (Å²) < 4.78 is 15.9. The molecule has 0 radical (unpaired) electrons. The Hall–Kier alpha value is -3.22. The van der Waals surface area contributed by atoms with Gasteiger partial charge in [-0.05, 0) is 44.5 Å². The summed E-state index contributed by atoms with van der Waals surface area (Å²) in [5.74, 6) is -0.154. The minimum Gasteiger partial charge on any atom is -0.480 e. The average molecular weight is 386 g/mol. The van der Waals surface area contributed by atoms with Crippen molar-refractivity contribution in [2.75, 3.05) is 24.3 Å². The Bertz CT molecular complexity index is 815. The van der Waals surface area contributed by atoms with Gasteiger partial charge in [0, 0.05) is 12.7 Å². The number of rotatable bonds is 6. The Morgan fingerprint density at radius 1 is 1.07 bits per heavy atom. The molecule has 2 N–H and O–H groups in total. The first-order chi connectivity index (χ1) is 13.2. The van der Waals surface area contributed by atoms with Crippen LogP contribution < -0.4 is 15.4 Å². The van der Waals surface area contributed by atoms with Gasteiger partial charge in [-0.2, -0.15) is 0 Å². The van der Waals surface area contributed by atoms with E-state index in [-0.39, 0.29) is 13.2 Å². The van der Waals surface area contributed by atoms with Gasteiger partial charge in [0.2, 0.25) is 0 Å². The highest BCUT2D eigenvalue weighted by Gasteiger charge is 2.18. The zero-order chi connectivity index (χ0) is 20.7. The first kappa shape index (κ1) is 21.1. The van der Waals surface area contributed by atoms with Gasteiger partial charge in [-0.1, -0.05) is 30.3 Å². The molecule has 0 unspecified atom stereocenters. The lowest BCUT2D eigenvalue weighted by atomic mass is 10.2. The molecule has 1 amide bonds. The molecule has 0 saturated carbocycles. The molecule has 7 nitrogen and oxygen atoms in total. The van der Waals surface area contributed by atoms with Crippen molar-refractivity contribution in [2.24, 2.45) is 0 Å². The number of hydrogen-bond donors (Lipinski definition) is 1. The number of carbonyl (C=O) groups is 2. The summed E-state index contributed by atoms with van der Waals surface area (Å²) in [7, 11) is 1.59. The SMILES string of the molecule is CN(C(=O)OCc1ccccc1)c1ccc(OCC(=O)OC(C)(C)C)c(N)c1. The second-order valence-corrected chi connectivity index (χ2v) is 7.20. The summed E-state index contributed by atoms with van der Waals surface area (Å²) >= 11 is 0. The Balaban J connectivity index is 1.93. The number of carbonyl (C=O) groups excluding carboxylic acids is 2. The van der Waals surface area contributed by atoms with Gasteiger partial charge in [0.1, 0.15) is 18.0 Å². The van der Waals surface area contributed by atoms with Crippen molar-refractivity contribution >= 4 is 23.4 Å². The van der Waals surface area contributed by atoms with Gasteiger partial charge < -0.3 is 19.9 Å². The molecule has 0 spiro atoms. The topological polar surface area (TPSA) is 91.1 Å². The van der Waals surface area contributed by atoms with Gasteiger partial charge in [0.15, 0.2) is 6.61 Å². The van der Waals surface area contributed by atoms with Gasteiger partial charge >= 0.3 is 12.1 Å². The van der Waals surface area contributed by atoms with Crippen molar-refractivity contribution in [1.29, 1.82) is 0 Å². The molecule has 0 aliphatic rings. The number of nitrogens with zero attached hydrogens (tertiary/aromatic N) is 1. The maximum atomic E-state index is 12.2. The molecule has 2 aromatic carbocycles. The second kappa shape index (κ2) is 9.12. The van der Waals surface area contributed by atoms with Crippen LogP contribution in [-0.4, -0.2) is 31.3 Å². The number of benzene rings is 2. The highest BCUT2D eigenvalue weighted by atomic mass is 16.6. The largest absolute Gasteiger partial charge is 0.480 e. The third kappa shape index (κ3) is 6.50. The fourth-order valence-corrected chi connectivity index (χ4v) is 2.31. The van der Waals surface area contributed by atoms with Crippen LogP contribution in [-0.2, 0) is 20.9 Å². The smallest absolute Gasteiger partial charge is 0.414 e. The highest BCUT2D eigenvalue weighted by molar-refractivity contribution is 5.88. The minimum atomic E-state index is -0.585. The molecule has 150 valence electrons. The molecule has 0 aliphatic heterocycles. The molecular weight excluding hydrogens is 360 g/mol. The van der Waals surface area contributed by atoms with E-state index < -0.39 is 17.7 Å². The molecule has 0 atom stereocenters. The number of anilines is 2. The summed E-state index contributed by atoms with van der Waals surface area (Å²) in [6.45, 7) is 5.26. The molecule has 7 heteroatoms. The maximum absolute atomic E-state index is 12.2. The average Bonchev–Trinajstić information content (AvgIpc) is 2.64. The van der Waals surface area contributed by atoms with E-state index in [1.807, 2.05) is 30.3 Å². The lowest BCUT2D eigenvalue weighted by molar-refractivity contribution is -0.157. The number of hydrogen-bond acceptors (Lipinski definition) is 6. The van der Waals surface area contributed by atoms with Crippen LogP contribution in [0.15, 0.2) is 48.5 Å². The number of nitrogens with two attached hydrogens (primary N) is 1. The van der Waals surface area contributed by atoms with Gasteiger partial charge in [-0.25, -0.2) is 9.59 Å². The van der Waals surface area contributed by atoms with Crippen molar-refractivity contribution in [3.05, 3.63) is 54.1 Å². The summed E-state index contributed by atoms with van der Waals surface area (Å²) in [6.07, 6.45) is -0.509. The zero-order valence-electron chi connectivity index (χ0n) is 16.6. The van der Waals surface area contributed by atoms with Crippen LogP contribution in [0.25, 0.3) is 0 Å². The normalized spacial score (nSPS) is 10.9. The quantitative estimate of drug-likeness (QED) is 0.600. The van der Waals surface area contributed by atoms with Crippen molar-refractivity contribution < 1.29 is 23.8 Å². The molecule has 28 heavy (non-hydrogen) atoms. The highest BCUT2D eigenvalue weighted by Crippen LogP contribution is 2.27. The fraction of sp³-hybridized carbons (Fsp3) is 0.333. The zero-order valence-corrected chi connectivity index (χ0v) is 16.6. The Kier molecular flexibility index (Phi) is 6.87. The first-order valence-corrected chi connectivity index (χ1v) is 8.84. The van der Waals surface area contributed by atoms with Crippen LogP contribution in [0.5, 0.6) is 5.75 Å². The third-order valence-electron chi connectivity index (χ3n) is 3.63. The van der Waals surface area contributed by atoms with E-state index in [9.17, 15) is 9.59 Å². The van der Waals surface area contributed by atoms with E-state index in [0.717, 1.165) is 5.56 Å². The van der Waals surface area contributed by atoms with Crippen LogP contribution in [0, 0.1) is 0 Å². The van der Waals surface area contributed by atoms with Crippen molar-refractivity contribution in [3.8, 4) is 5.75 Å². The molecule has 0 aromatic heterocycles. The molecular formula is C21H26N2O5. The van der Waals surface area contributed by atoms with Crippen LogP contribution in [0.3, 0.4) is 0 Å². The maximum Gasteiger partial charge on any atom is 0.414 e. The van der Waals surface area contributed by atoms with Crippen molar-refractivity contribution in [3.63, 3.8) is 0 Å². The summed E-state index contributed by atoms with van der Waals surface area (Å²) in [4.78, 5) is 25.3. The molecule has 0 heterocycles. The predicted octanol–water partition coefficient (Wildman–Crippen LogP) is 3.76. The molecule has 0 bridgehead atoms. The lowest BCUT2D eigenvalue weighted by Gasteiger charge is -2.20. The van der Waals surface area contributed by atoms with Crippen LogP contribution in [0.4, 0.5) is 16.2 Å². The van der Waals surface area contributed by atoms with E-state index in [2.05, 4.69) is 0 Å². The first-order valence-electron chi connectivity index (χ1n) is 8.84. The molecule has 0 fully saturated rings. The monoisotopic (exact) mass is 386 g/mol. The summed E-state index contributed by atoms with van der Waals surface area (Å²) in [6, 6.07) is 14.2. The Labute approximate surface area is 165 Å². The van der Waals surface area contributed by atoms with E-state index in [4.69, 9.17) is 19.9 Å². The van der Waals surface area contributed by atoms with E-state index in [1.54, 1.807) is 46.0 Å². The van der Waals surface area contributed by atoms with E-state index in [0.29, 0.717) is 17.1 Å². The predicted molar refractivity (Wildman–Crippen MR) is 107 cm³/mol. The molecule has 2 rings (SSSR count). The molecule has 2 aromatic rings. The van der Waals surface area contributed by atoms with Crippen molar-refractivity contribution in [2.45, 2.75) is 33.0 Å². The summed E-state index contributed by atoms with van der Waals surface area (Å²) in [5, 5.41) is 0. The number of nitrogen functional groups attached to an aromatic ring is 1. The van der Waals surface area contributed by atoms with Gasteiger partial charge in [0.05, 0.1) is 5.69 Å². The molecule has 0 aliphatic carbocycles. The number of esters is 1. The number of amides is 1. The molecule has 0 saturated heterocycles. The van der Waals surface area contributed by atoms with Gasteiger partial charge in [0.25, 0.3) is 0 Å². The van der Waals surface area contributed by atoms with Gasteiger partial charge in [-0.3, -0.25) is 4.90 Å². The van der Waals surface area contributed by atoms with Crippen LogP contribution in [0.1, 0.15) is 26.3 Å². The number of ether oxygens (including phenoxy) is 3. The Morgan fingerprint density at radius 2 is 1.75 bits per heavy atom. The van der Waals surface area contributed by atoms with Crippen molar-refractivity contribution in [1.82, 2.24) is 0 Å². The summed E-state index contributed by atoms with van der Waals surface area (Å²) in [5.41, 5.74) is 7.13. The van der Waals surface area contributed by atoms with E-state index >= 15 is 0 Å². The second-order valence-electron chi connectivity index (χ2n) is 7.20. The standard InChI is InChI=1S/C21H26N2O5/c1-21(2,3)28-19(24)14-26-18-11-10-16(12-17(18)22)23(4)20(25)27-13-15-8-6-5-7-9-15/h5-12H,13-14,22H2,1-4H3. The third-order valence-corrected chi connectivity index (χ3v) is 3.63. The minimum absolute atomic E-state index is 0.177. The van der Waals surface area contributed by atoms with E-state index in [1.165, 1.54) is 4.90 Å².